The van der Waals surface area contributed by atoms with E-state index in [0.717, 1.165) is 30.7 Å². The van der Waals surface area contributed by atoms with Crippen LogP contribution in [0, 0.1) is 0 Å². The Hall–Kier alpha value is -1.77. The van der Waals surface area contributed by atoms with Gasteiger partial charge in [0.1, 0.15) is 11.3 Å². The van der Waals surface area contributed by atoms with Gasteiger partial charge in [-0.2, -0.15) is 0 Å². The molecule has 3 heteroatoms. The minimum atomic E-state index is 0.675. The molecule has 1 aliphatic rings. The number of fused-ring (bicyclic) bond motifs is 2. The Bertz CT molecular complexity index is 637. The molecule has 1 heterocycles. The summed E-state index contributed by atoms with van der Waals surface area (Å²) in [5.74, 6) is 0.904. The van der Waals surface area contributed by atoms with E-state index in [9.17, 15) is 0 Å². The first-order valence-corrected chi connectivity index (χ1v) is 8.16. The van der Waals surface area contributed by atoms with E-state index < -0.39 is 0 Å². The summed E-state index contributed by atoms with van der Waals surface area (Å²) in [7, 11) is 0. The monoisotopic (exact) mass is 284 g/mol. The Labute approximate surface area is 126 Å². The van der Waals surface area contributed by atoms with Gasteiger partial charge in [0.15, 0.2) is 0 Å². The van der Waals surface area contributed by atoms with Gasteiger partial charge in [-0.05, 0) is 51.2 Å². The Balaban J connectivity index is 2.25. The fourth-order valence-electron chi connectivity index (χ4n) is 3.25. The number of para-hydroxylation sites is 1. The van der Waals surface area contributed by atoms with Crippen LogP contribution in [0.5, 0.6) is 5.75 Å². The zero-order chi connectivity index (χ0) is 14.7. The number of rotatable bonds is 4. The molecule has 0 saturated carbocycles. The SMILES string of the molecule is CCNc1c2c(nc3c(OCC)cccc13)CCCCC2. The number of anilines is 1. The topological polar surface area (TPSA) is 34.2 Å². The van der Waals surface area contributed by atoms with Crippen LogP contribution in [-0.2, 0) is 12.8 Å². The quantitative estimate of drug-likeness (QED) is 0.848. The van der Waals surface area contributed by atoms with E-state index >= 15 is 0 Å². The lowest BCUT2D eigenvalue weighted by Crippen LogP contribution is -2.07. The second kappa shape index (κ2) is 6.33. The molecule has 1 aliphatic carbocycles. The number of hydrogen-bond donors (Lipinski definition) is 1. The predicted octanol–water partition coefficient (Wildman–Crippen LogP) is 4.33. The van der Waals surface area contributed by atoms with Crippen molar-refractivity contribution in [3.05, 3.63) is 29.5 Å². The molecule has 112 valence electrons. The van der Waals surface area contributed by atoms with Gasteiger partial charge in [0.2, 0.25) is 0 Å². The van der Waals surface area contributed by atoms with Crippen LogP contribution < -0.4 is 10.1 Å². The van der Waals surface area contributed by atoms with Gasteiger partial charge in [0, 0.05) is 23.3 Å². The third kappa shape index (κ3) is 2.69. The molecule has 1 aromatic carbocycles. The van der Waals surface area contributed by atoms with Gasteiger partial charge in [-0.3, -0.25) is 0 Å². The van der Waals surface area contributed by atoms with Crippen LogP contribution in [0.3, 0.4) is 0 Å². The van der Waals surface area contributed by atoms with Crippen LogP contribution in [0.1, 0.15) is 44.4 Å². The second-order valence-electron chi connectivity index (χ2n) is 5.59. The highest BCUT2D eigenvalue weighted by Crippen LogP contribution is 2.36. The van der Waals surface area contributed by atoms with Crippen molar-refractivity contribution in [2.45, 2.75) is 46.0 Å². The minimum Gasteiger partial charge on any atom is -0.492 e. The number of pyridine rings is 1. The molecule has 0 spiro atoms. The summed E-state index contributed by atoms with van der Waals surface area (Å²) in [6, 6.07) is 6.25. The number of nitrogens with zero attached hydrogens (tertiary/aromatic N) is 1. The van der Waals surface area contributed by atoms with Gasteiger partial charge in [-0.25, -0.2) is 4.98 Å². The number of benzene rings is 1. The molecule has 0 unspecified atom stereocenters. The van der Waals surface area contributed by atoms with Crippen LogP contribution in [0.15, 0.2) is 18.2 Å². The van der Waals surface area contributed by atoms with Crippen molar-refractivity contribution in [3.63, 3.8) is 0 Å². The number of aryl methyl sites for hydroxylation is 1. The molecular formula is C18H24N2O. The van der Waals surface area contributed by atoms with E-state index in [0.29, 0.717) is 6.61 Å². The van der Waals surface area contributed by atoms with Gasteiger partial charge in [-0.15, -0.1) is 0 Å². The molecule has 1 aromatic heterocycles. The maximum absolute atomic E-state index is 5.78. The second-order valence-corrected chi connectivity index (χ2v) is 5.59. The first-order valence-electron chi connectivity index (χ1n) is 8.16. The van der Waals surface area contributed by atoms with Gasteiger partial charge in [0.05, 0.1) is 6.61 Å². The molecule has 3 rings (SSSR count). The fourth-order valence-corrected chi connectivity index (χ4v) is 3.25. The van der Waals surface area contributed by atoms with Crippen molar-refractivity contribution in [2.24, 2.45) is 0 Å². The van der Waals surface area contributed by atoms with Crippen LogP contribution in [0.2, 0.25) is 0 Å². The first-order chi connectivity index (χ1) is 10.3. The third-order valence-corrected chi connectivity index (χ3v) is 4.16. The minimum absolute atomic E-state index is 0.675. The zero-order valence-corrected chi connectivity index (χ0v) is 13.0. The largest absolute Gasteiger partial charge is 0.492 e. The molecule has 3 nitrogen and oxygen atoms in total. The van der Waals surface area contributed by atoms with Crippen molar-refractivity contribution >= 4 is 16.6 Å². The summed E-state index contributed by atoms with van der Waals surface area (Å²) in [5, 5.41) is 4.78. The molecule has 0 fully saturated rings. The first kappa shape index (κ1) is 14.2. The Morgan fingerprint density at radius 1 is 1.14 bits per heavy atom. The summed E-state index contributed by atoms with van der Waals surface area (Å²) in [6.45, 7) is 5.79. The summed E-state index contributed by atoms with van der Waals surface area (Å²) >= 11 is 0. The van der Waals surface area contributed by atoms with Gasteiger partial charge in [0.25, 0.3) is 0 Å². The lowest BCUT2D eigenvalue weighted by Gasteiger charge is -2.18. The molecule has 1 N–H and O–H groups in total. The molecule has 0 bridgehead atoms. The van der Waals surface area contributed by atoms with E-state index in [2.05, 4.69) is 24.4 Å². The maximum atomic E-state index is 5.78. The average molecular weight is 284 g/mol. The summed E-state index contributed by atoms with van der Waals surface area (Å²) < 4.78 is 5.78. The van der Waals surface area contributed by atoms with Gasteiger partial charge < -0.3 is 10.1 Å². The van der Waals surface area contributed by atoms with Crippen LogP contribution in [-0.4, -0.2) is 18.1 Å². The Morgan fingerprint density at radius 3 is 2.81 bits per heavy atom. The molecule has 0 saturated heterocycles. The number of aromatic nitrogens is 1. The highest BCUT2D eigenvalue weighted by atomic mass is 16.5. The Morgan fingerprint density at radius 2 is 2.00 bits per heavy atom. The number of hydrogen-bond acceptors (Lipinski definition) is 3. The lowest BCUT2D eigenvalue weighted by molar-refractivity contribution is 0.343. The highest BCUT2D eigenvalue weighted by Gasteiger charge is 2.18. The van der Waals surface area contributed by atoms with E-state index in [4.69, 9.17) is 9.72 Å². The molecule has 21 heavy (non-hydrogen) atoms. The standard InChI is InChI=1S/C18H24N2O/c1-3-19-17-13-9-6-5-7-11-15(13)20-18-14(17)10-8-12-16(18)21-4-2/h8,10,12H,3-7,9,11H2,1-2H3,(H,19,20). The van der Waals surface area contributed by atoms with Crippen LogP contribution in [0.25, 0.3) is 10.9 Å². The summed E-state index contributed by atoms with van der Waals surface area (Å²) in [5.41, 5.74) is 4.98. The van der Waals surface area contributed by atoms with Gasteiger partial charge in [-0.1, -0.05) is 18.6 Å². The molecular weight excluding hydrogens is 260 g/mol. The van der Waals surface area contributed by atoms with E-state index in [-0.39, 0.29) is 0 Å². The zero-order valence-electron chi connectivity index (χ0n) is 13.0. The van der Waals surface area contributed by atoms with E-state index in [1.165, 1.54) is 41.6 Å². The van der Waals surface area contributed by atoms with Crippen molar-refractivity contribution in [3.8, 4) is 5.75 Å². The normalized spacial score (nSPS) is 14.6. The van der Waals surface area contributed by atoms with Crippen molar-refractivity contribution < 1.29 is 4.74 Å². The smallest absolute Gasteiger partial charge is 0.145 e. The van der Waals surface area contributed by atoms with Crippen LogP contribution >= 0.6 is 0 Å². The van der Waals surface area contributed by atoms with Crippen LogP contribution in [0.4, 0.5) is 5.69 Å². The molecule has 0 aliphatic heterocycles. The van der Waals surface area contributed by atoms with Crippen molar-refractivity contribution in [1.82, 2.24) is 4.98 Å². The Kier molecular flexibility index (Phi) is 4.28. The molecule has 0 amide bonds. The lowest BCUT2D eigenvalue weighted by atomic mass is 10.0. The number of ether oxygens (including phenoxy) is 1. The number of nitrogens with one attached hydrogen (secondary N) is 1. The maximum Gasteiger partial charge on any atom is 0.145 e. The van der Waals surface area contributed by atoms with Crippen molar-refractivity contribution in [1.29, 1.82) is 0 Å². The summed E-state index contributed by atoms with van der Waals surface area (Å²) in [4.78, 5) is 4.97. The van der Waals surface area contributed by atoms with Gasteiger partial charge >= 0.3 is 0 Å². The molecule has 0 radical (unpaired) electrons. The third-order valence-electron chi connectivity index (χ3n) is 4.16. The fraction of sp³-hybridized carbons (Fsp3) is 0.500. The predicted molar refractivity (Wildman–Crippen MR) is 88.3 cm³/mol. The van der Waals surface area contributed by atoms with Crippen molar-refractivity contribution in [2.75, 3.05) is 18.5 Å². The van der Waals surface area contributed by atoms with E-state index in [1.807, 2.05) is 13.0 Å². The summed E-state index contributed by atoms with van der Waals surface area (Å²) in [6.07, 6.45) is 6.04. The molecule has 0 atom stereocenters. The highest BCUT2D eigenvalue weighted by molar-refractivity contribution is 5.96. The molecule has 2 aromatic rings. The average Bonchev–Trinajstić information content (AvgIpc) is 2.73. The van der Waals surface area contributed by atoms with E-state index in [1.54, 1.807) is 0 Å².